The van der Waals surface area contributed by atoms with Crippen LogP contribution in [0.25, 0.3) is 0 Å². The van der Waals surface area contributed by atoms with E-state index >= 15 is 0 Å². The van der Waals surface area contributed by atoms with E-state index in [1.54, 1.807) is 14.2 Å². The number of H-pyrrole nitrogens is 1. The molecule has 8 nitrogen and oxygen atoms in total. The third-order valence-electron chi connectivity index (χ3n) is 3.50. The number of hydrogen-bond acceptors (Lipinski definition) is 6. The van der Waals surface area contributed by atoms with E-state index in [9.17, 15) is 9.59 Å². The fourth-order valence-electron chi connectivity index (χ4n) is 2.60. The predicted octanol–water partition coefficient (Wildman–Crippen LogP) is -0.974. The van der Waals surface area contributed by atoms with Gasteiger partial charge >= 0.3 is 5.69 Å². The molecule has 21 heavy (non-hydrogen) atoms. The summed E-state index contributed by atoms with van der Waals surface area (Å²) in [6.45, 7) is 0.632. The molecule has 118 valence electrons. The second-order valence-corrected chi connectivity index (χ2v) is 5.25. The van der Waals surface area contributed by atoms with Crippen molar-refractivity contribution in [3.63, 3.8) is 0 Å². The minimum Gasteiger partial charge on any atom is -0.376 e. The molecule has 2 heterocycles. The lowest BCUT2D eigenvalue weighted by molar-refractivity contribution is -0.0574. The fourth-order valence-corrected chi connectivity index (χ4v) is 2.60. The summed E-state index contributed by atoms with van der Waals surface area (Å²) in [5, 5.41) is 0. The molecule has 0 saturated carbocycles. The van der Waals surface area contributed by atoms with Crippen molar-refractivity contribution in [2.45, 2.75) is 24.5 Å². The Morgan fingerprint density at radius 1 is 1.29 bits per heavy atom. The van der Waals surface area contributed by atoms with E-state index in [0.717, 1.165) is 0 Å². The van der Waals surface area contributed by atoms with Gasteiger partial charge in [0.05, 0.1) is 0 Å². The molecule has 1 aromatic heterocycles. The van der Waals surface area contributed by atoms with Crippen molar-refractivity contribution >= 4 is 0 Å². The monoisotopic (exact) mass is 299 g/mol. The van der Waals surface area contributed by atoms with E-state index in [2.05, 4.69) is 4.98 Å². The third kappa shape index (κ3) is 3.24. The van der Waals surface area contributed by atoms with Gasteiger partial charge in [-0.2, -0.15) is 0 Å². The van der Waals surface area contributed by atoms with Gasteiger partial charge < -0.3 is 19.1 Å². The average Bonchev–Trinajstić information content (AvgIpc) is 2.75. The molecule has 1 aromatic rings. The maximum absolute atomic E-state index is 11.9. The van der Waals surface area contributed by atoms with E-state index in [4.69, 9.17) is 14.2 Å². The SMILES string of the molecule is COC1[C@@H](CN(C)C)O[C@@H](n2ccc(=O)[nH]c2=O)[C@H]1OC. The zero-order chi connectivity index (χ0) is 15.6. The molecule has 1 N–H and O–H groups in total. The van der Waals surface area contributed by atoms with E-state index in [0.29, 0.717) is 6.54 Å². The van der Waals surface area contributed by atoms with Crippen molar-refractivity contribution in [3.05, 3.63) is 33.1 Å². The minimum atomic E-state index is -0.644. The first-order valence-electron chi connectivity index (χ1n) is 6.65. The van der Waals surface area contributed by atoms with Crippen LogP contribution in [0, 0.1) is 0 Å². The first-order valence-corrected chi connectivity index (χ1v) is 6.65. The summed E-state index contributed by atoms with van der Waals surface area (Å²) in [5.41, 5.74) is -0.980. The van der Waals surface area contributed by atoms with E-state index < -0.39 is 23.6 Å². The van der Waals surface area contributed by atoms with Crippen LogP contribution in [0.15, 0.2) is 21.9 Å². The van der Waals surface area contributed by atoms with Crippen molar-refractivity contribution in [3.8, 4) is 0 Å². The number of likely N-dealkylation sites (N-methyl/N-ethyl adjacent to an activating group) is 1. The molecule has 1 aliphatic heterocycles. The number of ether oxygens (including phenoxy) is 3. The second-order valence-electron chi connectivity index (χ2n) is 5.25. The molecule has 4 atom stereocenters. The summed E-state index contributed by atoms with van der Waals surface area (Å²) < 4.78 is 18.2. The fraction of sp³-hybridized carbons (Fsp3) is 0.692. The predicted molar refractivity (Wildman–Crippen MR) is 75.4 cm³/mol. The maximum atomic E-state index is 11.9. The average molecular weight is 299 g/mol. The zero-order valence-corrected chi connectivity index (χ0v) is 12.6. The number of aromatic amines is 1. The van der Waals surface area contributed by atoms with Crippen molar-refractivity contribution in [2.75, 3.05) is 34.9 Å². The number of methoxy groups -OCH3 is 2. The molecule has 0 amide bonds. The van der Waals surface area contributed by atoms with Crippen LogP contribution in [-0.2, 0) is 14.2 Å². The Bertz CT molecular complexity index is 582. The van der Waals surface area contributed by atoms with Crippen LogP contribution in [0.1, 0.15) is 6.23 Å². The van der Waals surface area contributed by atoms with E-state index in [1.807, 2.05) is 19.0 Å². The maximum Gasteiger partial charge on any atom is 0.330 e. The summed E-state index contributed by atoms with van der Waals surface area (Å²) in [5.74, 6) is 0. The lowest BCUT2D eigenvalue weighted by Crippen LogP contribution is -2.40. The first kappa shape index (κ1) is 15.9. The molecular weight excluding hydrogens is 278 g/mol. The summed E-state index contributed by atoms with van der Waals surface area (Å²) in [4.78, 5) is 27.3. The summed E-state index contributed by atoms with van der Waals surface area (Å²) in [7, 11) is 6.98. The van der Waals surface area contributed by atoms with E-state index in [1.165, 1.54) is 16.8 Å². The normalized spacial score (nSPS) is 29.2. The quantitative estimate of drug-likeness (QED) is 0.752. The Hall–Kier alpha value is -1.48. The number of nitrogens with one attached hydrogen (secondary N) is 1. The van der Waals surface area contributed by atoms with Crippen LogP contribution in [0.2, 0.25) is 0 Å². The highest BCUT2D eigenvalue weighted by atomic mass is 16.6. The molecule has 0 radical (unpaired) electrons. The highest BCUT2D eigenvalue weighted by molar-refractivity contribution is 4.95. The lowest BCUT2D eigenvalue weighted by atomic mass is 10.1. The number of nitrogens with zero attached hydrogens (tertiary/aromatic N) is 2. The van der Waals surface area contributed by atoms with Gasteiger partial charge in [-0.05, 0) is 14.1 Å². The van der Waals surface area contributed by atoms with Gasteiger partial charge in [0.15, 0.2) is 6.23 Å². The molecule has 1 unspecified atom stereocenters. The highest BCUT2D eigenvalue weighted by Crippen LogP contribution is 2.32. The van der Waals surface area contributed by atoms with Crippen LogP contribution in [0.5, 0.6) is 0 Å². The van der Waals surface area contributed by atoms with Gasteiger partial charge in [0.2, 0.25) is 0 Å². The van der Waals surface area contributed by atoms with Crippen molar-refractivity contribution in [1.82, 2.24) is 14.5 Å². The smallest absolute Gasteiger partial charge is 0.330 e. The van der Waals surface area contributed by atoms with Crippen LogP contribution in [-0.4, -0.2) is 67.6 Å². The number of hydrogen-bond donors (Lipinski definition) is 1. The van der Waals surface area contributed by atoms with Gasteiger partial charge in [-0.1, -0.05) is 0 Å². The van der Waals surface area contributed by atoms with Crippen LogP contribution in [0.4, 0.5) is 0 Å². The van der Waals surface area contributed by atoms with Gasteiger partial charge in [0.1, 0.15) is 18.3 Å². The Labute approximate surface area is 122 Å². The Kier molecular flexibility index (Phi) is 4.94. The summed E-state index contributed by atoms with van der Waals surface area (Å²) >= 11 is 0. The Balaban J connectivity index is 2.34. The van der Waals surface area contributed by atoms with Crippen molar-refractivity contribution in [2.24, 2.45) is 0 Å². The van der Waals surface area contributed by atoms with Crippen LogP contribution < -0.4 is 11.2 Å². The van der Waals surface area contributed by atoms with Crippen molar-refractivity contribution in [1.29, 1.82) is 0 Å². The van der Waals surface area contributed by atoms with E-state index in [-0.39, 0.29) is 12.2 Å². The molecule has 0 spiro atoms. The van der Waals surface area contributed by atoms with Gasteiger partial charge in [0.25, 0.3) is 5.56 Å². The van der Waals surface area contributed by atoms with Gasteiger partial charge in [0, 0.05) is 33.0 Å². The molecule has 8 heteroatoms. The largest absolute Gasteiger partial charge is 0.376 e. The third-order valence-corrected chi connectivity index (χ3v) is 3.50. The van der Waals surface area contributed by atoms with Gasteiger partial charge in [-0.25, -0.2) is 4.79 Å². The number of rotatable bonds is 5. The molecule has 1 fully saturated rings. The second kappa shape index (κ2) is 6.52. The zero-order valence-electron chi connectivity index (χ0n) is 12.6. The molecule has 1 saturated heterocycles. The standard InChI is InChI=1S/C13H21N3O5/c1-15(2)7-8-10(19-3)11(20-4)12(21-8)16-6-5-9(17)14-13(16)18/h5-6,8,10-12H,7H2,1-4H3,(H,14,17,18)/t8-,10?,11+,12-/m1/s1. The Morgan fingerprint density at radius 3 is 2.48 bits per heavy atom. The molecule has 1 aliphatic rings. The summed E-state index contributed by atoms with van der Waals surface area (Å²) in [6, 6.07) is 1.28. The summed E-state index contributed by atoms with van der Waals surface area (Å²) in [6.07, 6.45) is -0.222. The van der Waals surface area contributed by atoms with Crippen LogP contribution >= 0.6 is 0 Å². The van der Waals surface area contributed by atoms with Gasteiger partial charge in [-0.3, -0.25) is 14.3 Å². The molecule has 0 aliphatic carbocycles. The molecule has 0 bridgehead atoms. The topological polar surface area (TPSA) is 85.8 Å². The Morgan fingerprint density at radius 2 is 1.95 bits per heavy atom. The number of aromatic nitrogens is 2. The first-order chi connectivity index (χ1) is 9.97. The minimum absolute atomic E-state index is 0.237. The van der Waals surface area contributed by atoms with Gasteiger partial charge in [-0.15, -0.1) is 0 Å². The molecule has 0 aromatic carbocycles. The molecular formula is C13H21N3O5. The lowest BCUT2D eigenvalue weighted by Gasteiger charge is -2.23. The van der Waals surface area contributed by atoms with Crippen molar-refractivity contribution < 1.29 is 14.2 Å². The molecule has 2 rings (SSSR count). The van der Waals surface area contributed by atoms with Crippen LogP contribution in [0.3, 0.4) is 0 Å². The highest BCUT2D eigenvalue weighted by Gasteiger charge is 2.46.